The number of amides is 1. The summed E-state index contributed by atoms with van der Waals surface area (Å²) in [7, 11) is 0. The molecule has 28 heavy (non-hydrogen) atoms. The van der Waals surface area contributed by atoms with Crippen molar-refractivity contribution in [3.05, 3.63) is 88.7 Å². The second kappa shape index (κ2) is 7.84. The fraction of sp³-hybridized carbons (Fsp3) is 0. The van der Waals surface area contributed by atoms with Gasteiger partial charge in [-0.25, -0.2) is 4.98 Å². The van der Waals surface area contributed by atoms with E-state index >= 15 is 0 Å². The summed E-state index contributed by atoms with van der Waals surface area (Å²) in [6.07, 6.45) is 3.05. The highest BCUT2D eigenvalue weighted by atomic mass is 35.5. The zero-order valence-electron chi connectivity index (χ0n) is 14.4. The minimum Gasteiger partial charge on any atom is -0.435 e. The van der Waals surface area contributed by atoms with Crippen molar-refractivity contribution in [3.8, 4) is 11.6 Å². The van der Waals surface area contributed by atoms with Gasteiger partial charge in [0.1, 0.15) is 5.02 Å². The third-order valence-electron chi connectivity index (χ3n) is 4.01. The molecule has 0 atom stereocenters. The molecule has 0 aliphatic heterocycles. The Kier molecular flexibility index (Phi) is 5.10. The average molecular weight is 410 g/mol. The lowest BCUT2D eigenvalue weighted by Gasteiger charge is -2.13. The molecule has 4 aromatic rings. The number of nitrogens with one attached hydrogen (secondary N) is 1. The van der Waals surface area contributed by atoms with Crippen molar-refractivity contribution in [1.29, 1.82) is 0 Å². The van der Waals surface area contributed by atoms with Crippen molar-refractivity contribution in [3.63, 3.8) is 0 Å². The van der Waals surface area contributed by atoms with Gasteiger partial charge >= 0.3 is 0 Å². The first-order valence-electron chi connectivity index (χ1n) is 8.35. The van der Waals surface area contributed by atoms with Crippen LogP contribution in [0.25, 0.3) is 10.9 Å². The number of rotatable bonds is 4. The van der Waals surface area contributed by atoms with Gasteiger partial charge in [-0.15, -0.1) is 0 Å². The molecular weight excluding hydrogens is 397 g/mol. The van der Waals surface area contributed by atoms with E-state index in [9.17, 15) is 4.79 Å². The first-order chi connectivity index (χ1) is 13.6. The molecule has 2 aromatic carbocycles. The lowest BCUT2D eigenvalue weighted by atomic mass is 10.1. The van der Waals surface area contributed by atoms with Crippen LogP contribution >= 0.6 is 23.2 Å². The molecular formula is C21H13Cl2N3O2. The van der Waals surface area contributed by atoms with Crippen LogP contribution in [0.4, 0.5) is 5.69 Å². The average Bonchev–Trinajstić information content (AvgIpc) is 2.71. The van der Waals surface area contributed by atoms with Crippen molar-refractivity contribution in [2.45, 2.75) is 0 Å². The van der Waals surface area contributed by atoms with E-state index in [1.807, 2.05) is 24.3 Å². The number of carbonyl (C=O) groups excluding carboxylic acids is 1. The molecule has 0 spiro atoms. The van der Waals surface area contributed by atoms with E-state index < -0.39 is 0 Å². The van der Waals surface area contributed by atoms with E-state index in [-0.39, 0.29) is 16.8 Å². The van der Waals surface area contributed by atoms with E-state index in [1.54, 1.807) is 36.5 Å². The minimum atomic E-state index is -0.273. The van der Waals surface area contributed by atoms with Gasteiger partial charge in [0.05, 0.1) is 21.8 Å². The number of carbonyl (C=O) groups is 1. The molecule has 0 radical (unpaired) electrons. The smallest absolute Gasteiger partial charge is 0.256 e. The monoisotopic (exact) mass is 409 g/mol. The SMILES string of the molecule is O=C(Nc1ccccc1Oc1ncc(Cl)cc1Cl)c1ccnc2ccccc12. The van der Waals surface area contributed by atoms with Crippen LogP contribution in [-0.4, -0.2) is 15.9 Å². The van der Waals surface area contributed by atoms with E-state index in [4.69, 9.17) is 27.9 Å². The number of ether oxygens (including phenoxy) is 1. The summed E-state index contributed by atoms with van der Waals surface area (Å²) in [4.78, 5) is 21.3. The summed E-state index contributed by atoms with van der Waals surface area (Å²) in [5.41, 5.74) is 1.75. The Bertz CT molecular complexity index is 1180. The van der Waals surface area contributed by atoms with Crippen molar-refractivity contribution in [2.24, 2.45) is 0 Å². The maximum atomic E-state index is 12.9. The normalized spacial score (nSPS) is 10.6. The highest BCUT2D eigenvalue weighted by Crippen LogP contribution is 2.33. The van der Waals surface area contributed by atoms with E-state index in [2.05, 4.69) is 15.3 Å². The Morgan fingerprint density at radius 3 is 2.61 bits per heavy atom. The Balaban J connectivity index is 1.64. The predicted molar refractivity (Wildman–Crippen MR) is 110 cm³/mol. The number of benzene rings is 2. The Morgan fingerprint density at radius 1 is 0.964 bits per heavy atom. The molecule has 7 heteroatoms. The molecule has 138 valence electrons. The number of pyridine rings is 2. The number of hydrogen-bond donors (Lipinski definition) is 1. The highest BCUT2D eigenvalue weighted by Gasteiger charge is 2.14. The van der Waals surface area contributed by atoms with Crippen LogP contribution in [-0.2, 0) is 0 Å². The molecule has 2 heterocycles. The Hall–Kier alpha value is -3.15. The number of halogens is 2. The molecule has 1 amide bonds. The zero-order valence-corrected chi connectivity index (χ0v) is 15.9. The molecule has 1 N–H and O–H groups in total. The first-order valence-corrected chi connectivity index (χ1v) is 9.10. The lowest BCUT2D eigenvalue weighted by molar-refractivity contribution is 0.102. The van der Waals surface area contributed by atoms with Crippen molar-refractivity contribution in [2.75, 3.05) is 5.32 Å². The van der Waals surface area contributed by atoms with Crippen molar-refractivity contribution in [1.82, 2.24) is 9.97 Å². The van der Waals surface area contributed by atoms with Gasteiger partial charge in [-0.05, 0) is 30.3 Å². The van der Waals surface area contributed by atoms with Gasteiger partial charge in [0, 0.05) is 17.8 Å². The number of hydrogen-bond acceptors (Lipinski definition) is 4. The fourth-order valence-corrected chi connectivity index (χ4v) is 3.14. The molecule has 0 bridgehead atoms. The maximum Gasteiger partial charge on any atom is 0.256 e. The summed E-state index contributed by atoms with van der Waals surface area (Å²) in [6.45, 7) is 0. The van der Waals surface area contributed by atoms with E-state index in [1.165, 1.54) is 12.3 Å². The second-order valence-corrected chi connectivity index (χ2v) is 6.71. The molecule has 0 aliphatic rings. The summed E-state index contributed by atoms with van der Waals surface area (Å²) >= 11 is 12.0. The third kappa shape index (κ3) is 3.76. The second-order valence-electron chi connectivity index (χ2n) is 5.87. The molecule has 4 rings (SSSR count). The lowest BCUT2D eigenvalue weighted by Crippen LogP contribution is -2.13. The van der Waals surface area contributed by atoms with Crippen molar-refractivity contribution >= 4 is 45.7 Å². The first kappa shape index (κ1) is 18.2. The third-order valence-corrected chi connectivity index (χ3v) is 4.49. The topological polar surface area (TPSA) is 64.1 Å². The van der Waals surface area contributed by atoms with Gasteiger partial charge in [-0.3, -0.25) is 9.78 Å². The van der Waals surface area contributed by atoms with E-state index in [0.29, 0.717) is 22.0 Å². The zero-order chi connectivity index (χ0) is 19.5. The summed E-state index contributed by atoms with van der Waals surface area (Å²) < 4.78 is 5.79. The Labute approximate surface area is 170 Å². The van der Waals surface area contributed by atoms with E-state index in [0.717, 1.165) is 10.9 Å². The van der Waals surface area contributed by atoms with Gasteiger partial charge in [0.25, 0.3) is 5.91 Å². The number of anilines is 1. The fourth-order valence-electron chi connectivity index (χ4n) is 2.72. The van der Waals surface area contributed by atoms with Gasteiger partial charge < -0.3 is 10.1 Å². The highest BCUT2D eigenvalue weighted by molar-refractivity contribution is 6.35. The molecule has 5 nitrogen and oxygen atoms in total. The van der Waals surface area contributed by atoms with Crippen LogP contribution in [0.3, 0.4) is 0 Å². The molecule has 0 saturated carbocycles. The minimum absolute atomic E-state index is 0.196. The molecule has 0 fully saturated rings. The van der Waals surface area contributed by atoms with Crippen LogP contribution in [0, 0.1) is 0 Å². The quantitative estimate of drug-likeness (QED) is 0.450. The number of fused-ring (bicyclic) bond motifs is 1. The van der Waals surface area contributed by atoms with Crippen LogP contribution in [0.2, 0.25) is 10.0 Å². The van der Waals surface area contributed by atoms with Gasteiger partial charge in [0.2, 0.25) is 5.88 Å². The predicted octanol–water partition coefficient (Wildman–Crippen LogP) is 5.98. The number of para-hydroxylation sites is 3. The standard InChI is InChI=1S/C21H13Cl2N3O2/c22-13-11-16(23)21(25-12-13)28-19-8-4-3-7-18(19)26-20(27)15-9-10-24-17-6-2-1-5-14(15)17/h1-12H,(H,26,27). The molecule has 0 aliphatic carbocycles. The van der Waals surface area contributed by atoms with Crippen LogP contribution in [0.15, 0.2) is 73.1 Å². The van der Waals surface area contributed by atoms with Crippen molar-refractivity contribution < 1.29 is 9.53 Å². The van der Waals surface area contributed by atoms with Crippen LogP contribution in [0.1, 0.15) is 10.4 Å². The molecule has 2 aromatic heterocycles. The summed E-state index contributed by atoms with van der Waals surface area (Å²) in [6, 6.07) is 17.7. The number of aromatic nitrogens is 2. The molecule has 0 saturated heterocycles. The largest absolute Gasteiger partial charge is 0.435 e. The maximum absolute atomic E-state index is 12.9. The Morgan fingerprint density at radius 2 is 1.75 bits per heavy atom. The molecule has 0 unspecified atom stereocenters. The van der Waals surface area contributed by atoms with Gasteiger partial charge in [-0.1, -0.05) is 53.5 Å². The van der Waals surface area contributed by atoms with Gasteiger partial charge in [0.15, 0.2) is 5.75 Å². The van der Waals surface area contributed by atoms with Crippen LogP contribution in [0.5, 0.6) is 11.6 Å². The van der Waals surface area contributed by atoms with Crippen LogP contribution < -0.4 is 10.1 Å². The number of nitrogens with zero attached hydrogens (tertiary/aromatic N) is 2. The summed E-state index contributed by atoms with van der Waals surface area (Å²) in [5, 5.41) is 4.33. The summed E-state index contributed by atoms with van der Waals surface area (Å²) in [5.74, 6) is 0.331. The van der Waals surface area contributed by atoms with Gasteiger partial charge in [-0.2, -0.15) is 0 Å².